The van der Waals surface area contributed by atoms with Gasteiger partial charge in [-0.25, -0.2) is 4.79 Å². The Balaban J connectivity index is 2.42. The highest BCUT2D eigenvalue weighted by atomic mass is 19.1. The molecule has 0 saturated heterocycles. The molecular weight excluding hydrogens is 243 g/mol. The summed E-state index contributed by atoms with van der Waals surface area (Å²) < 4.78 is 13.8. The Morgan fingerprint density at radius 3 is 2.00 bits per heavy atom. The van der Waals surface area contributed by atoms with Crippen LogP contribution in [0.25, 0.3) is 5.57 Å². The summed E-state index contributed by atoms with van der Waals surface area (Å²) in [7, 11) is 0. The van der Waals surface area contributed by atoms with Gasteiger partial charge in [0, 0.05) is 12.0 Å². The fourth-order valence-electron chi connectivity index (χ4n) is 1.87. The first-order chi connectivity index (χ1) is 9.18. The topological polar surface area (TPSA) is 37.3 Å². The first-order valence-corrected chi connectivity index (χ1v) is 5.90. The highest BCUT2D eigenvalue weighted by Crippen LogP contribution is 2.24. The summed E-state index contributed by atoms with van der Waals surface area (Å²) in [5.74, 6) is -2.63. The number of carbonyl (C=O) groups is 1. The summed E-state index contributed by atoms with van der Waals surface area (Å²) in [5.41, 5.74) is 1.66. The average molecular weight is 256 g/mol. The Bertz CT molecular complexity index is 589. The number of benzene rings is 2. The van der Waals surface area contributed by atoms with Gasteiger partial charge in [-0.05, 0) is 11.1 Å². The van der Waals surface area contributed by atoms with Gasteiger partial charge in [0.2, 0.25) is 5.83 Å². The van der Waals surface area contributed by atoms with Gasteiger partial charge in [-0.2, -0.15) is 4.39 Å². The van der Waals surface area contributed by atoms with E-state index in [9.17, 15) is 9.18 Å². The van der Waals surface area contributed by atoms with Crippen LogP contribution in [0.15, 0.2) is 66.5 Å². The summed E-state index contributed by atoms with van der Waals surface area (Å²) in [4.78, 5) is 10.9. The van der Waals surface area contributed by atoms with Crippen LogP contribution in [0.5, 0.6) is 0 Å². The van der Waals surface area contributed by atoms with Crippen molar-refractivity contribution in [2.45, 2.75) is 6.42 Å². The molecule has 2 rings (SSSR count). The van der Waals surface area contributed by atoms with Crippen LogP contribution in [-0.2, 0) is 11.2 Å². The Kier molecular flexibility index (Phi) is 4.08. The zero-order valence-electron chi connectivity index (χ0n) is 10.2. The summed E-state index contributed by atoms with van der Waals surface area (Å²) in [6, 6.07) is 18.0. The molecular formula is C16H13FO2. The molecule has 0 aliphatic rings. The minimum atomic E-state index is -1.53. The van der Waals surface area contributed by atoms with E-state index in [1.54, 1.807) is 24.3 Å². The van der Waals surface area contributed by atoms with Crippen molar-refractivity contribution in [3.8, 4) is 0 Å². The lowest BCUT2D eigenvalue weighted by atomic mass is 9.97. The smallest absolute Gasteiger partial charge is 0.365 e. The molecule has 2 nitrogen and oxygen atoms in total. The van der Waals surface area contributed by atoms with E-state index in [1.807, 2.05) is 36.4 Å². The maximum absolute atomic E-state index is 13.8. The summed E-state index contributed by atoms with van der Waals surface area (Å²) in [6.07, 6.45) is 0.253. The molecule has 2 aromatic carbocycles. The van der Waals surface area contributed by atoms with Crippen molar-refractivity contribution in [1.29, 1.82) is 0 Å². The van der Waals surface area contributed by atoms with E-state index in [4.69, 9.17) is 5.11 Å². The number of carboxylic acids is 1. The molecule has 96 valence electrons. The summed E-state index contributed by atoms with van der Waals surface area (Å²) in [5, 5.41) is 8.86. The largest absolute Gasteiger partial charge is 0.476 e. The zero-order chi connectivity index (χ0) is 13.7. The molecule has 0 aromatic heterocycles. The highest BCUT2D eigenvalue weighted by Gasteiger charge is 2.16. The molecule has 19 heavy (non-hydrogen) atoms. The Hall–Kier alpha value is -2.42. The molecule has 0 saturated carbocycles. The van der Waals surface area contributed by atoms with Gasteiger partial charge in [0.1, 0.15) is 0 Å². The van der Waals surface area contributed by atoms with Crippen molar-refractivity contribution in [1.82, 2.24) is 0 Å². The Morgan fingerprint density at radius 1 is 0.947 bits per heavy atom. The number of rotatable bonds is 4. The number of hydrogen-bond donors (Lipinski definition) is 1. The fourth-order valence-corrected chi connectivity index (χ4v) is 1.87. The van der Waals surface area contributed by atoms with E-state index < -0.39 is 11.8 Å². The predicted octanol–water partition coefficient (Wildman–Crippen LogP) is 3.69. The monoisotopic (exact) mass is 256 g/mol. The SMILES string of the molecule is O=C(O)C(F)=C(Cc1ccccc1)c1ccccc1. The first kappa shape index (κ1) is 13.0. The van der Waals surface area contributed by atoms with Crippen LogP contribution in [0.1, 0.15) is 11.1 Å². The van der Waals surface area contributed by atoms with Gasteiger partial charge in [-0.3, -0.25) is 0 Å². The molecule has 0 heterocycles. The first-order valence-electron chi connectivity index (χ1n) is 5.90. The number of halogens is 1. The quantitative estimate of drug-likeness (QED) is 0.847. The molecule has 0 aliphatic heterocycles. The Morgan fingerprint density at radius 2 is 1.47 bits per heavy atom. The van der Waals surface area contributed by atoms with Crippen molar-refractivity contribution in [2.24, 2.45) is 0 Å². The molecule has 0 spiro atoms. The normalized spacial score (nSPS) is 11.8. The highest BCUT2D eigenvalue weighted by molar-refractivity contribution is 5.94. The van der Waals surface area contributed by atoms with Gasteiger partial charge >= 0.3 is 5.97 Å². The standard InChI is InChI=1S/C16H13FO2/c17-15(16(18)19)14(13-9-5-2-6-10-13)11-12-7-3-1-4-8-12/h1-10H,11H2,(H,18,19). The van der Waals surface area contributed by atoms with Crippen LogP contribution < -0.4 is 0 Å². The van der Waals surface area contributed by atoms with Gasteiger partial charge in [-0.15, -0.1) is 0 Å². The zero-order valence-corrected chi connectivity index (χ0v) is 10.2. The van der Waals surface area contributed by atoms with Crippen LogP contribution >= 0.6 is 0 Å². The van der Waals surface area contributed by atoms with Crippen LogP contribution in [-0.4, -0.2) is 11.1 Å². The van der Waals surface area contributed by atoms with E-state index in [-0.39, 0.29) is 12.0 Å². The maximum Gasteiger partial charge on any atom is 0.365 e. The molecule has 0 fully saturated rings. The predicted molar refractivity (Wildman–Crippen MR) is 72.3 cm³/mol. The molecule has 0 unspecified atom stereocenters. The number of carboxylic acid groups (broad SMARTS) is 1. The minimum Gasteiger partial charge on any atom is -0.476 e. The number of aliphatic carboxylic acids is 1. The molecule has 3 heteroatoms. The van der Waals surface area contributed by atoms with E-state index in [2.05, 4.69) is 0 Å². The van der Waals surface area contributed by atoms with E-state index in [1.165, 1.54) is 0 Å². The van der Waals surface area contributed by atoms with Crippen LogP contribution in [0.2, 0.25) is 0 Å². The minimum absolute atomic E-state index is 0.194. The van der Waals surface area contributed by atoms with Gasteiger partial charge < -0.3 is 5.11 Å². The van der Waals surface area contributed by atoms with Gasteiger partial charge in [0.05, 0.1) is 0 Å². The van der Waals surface area contributed by atoms with Crippen molar-refractivity contribution in [3.05, 3.63) is 77.6 Å². The lowest BCUT2D eigenvalue weighted by Gasteiger charge is -2.08. The van der Waals surface area contributed by atoms with Crippen LogP contribution in [0.4, 0.5) is 4.39 Å². The lowest BCUT2D eigenvalue weighted by molar-refractivity contribution is -0.134. The maximum atomic E-state index is 13.8. The third kappa shape index (κ3) is 3.28. The third-order valence-electron chi connectivity index (χ3n) is 2.80. The van der Waals surface area contributed by atoms with Crippen molar-refractivity contribution >= 4 is 11.5 Å². The second-order valence-electron chi connectivity index (χ2n) is 4.13. The van der Waals surface area contributed by atoms with Gasteiger partial charge in [-0.1, -0.05) is 60.7 Å². The van der Waals surface area contributed by atoms with Crippen molar-refractivity contribution in [2.75, 3.05) is 0 Å². The van der Waals surface area contributed by atoms with Gasteiger partial charge in [0.25, 0.3) is 0 Å². The molecule has 2 aromatic rings. The summed E-state index contributed by atoms with van der Waals surface area (Å²) in [6.45, 7) is 0. The van der Waals surface area contributed by atoms with Crippen molar-refractivity contribution < 1.29 is 14.3 Å². The molecule has 1 N–H and O–H groups in total. The Labute approximate surface area is 110 Å². The molecule has 0 amide bonds. The second-order valence-corrected chi connectivity index (χ2v) is 4.13. The fraction of sp³-hybridized carbons (Fsp3) is 0.0625. The number of allylic oxidation sites excluding steroid dienone is 1. The van der Waals surface area contributed by atoms with Crippen LogP contribution in [0.3, 0.4) is 0 Å². The average Bonchev–Trinajstić information content (AvgIpc) is 2.46. The van der Waals surface area contributed by atoms with Gasteiger partial charge in [0.15, 0.2) is 0 Å². The molecule has 0 bridgehead atoms. The number of hydrogen-bond acceptors (Lipinski definition) is 1. The molecule has 0 radical (unpaired) electrons. The van der Waals surface area contributed by atoms with E-state index in [0.717, 1.165) is 5.56 Å². The molecule has 0 atom stereocenters. The lowest BCUT2D eigenvalue weighted by Crippen LogP contribution is -2.02. The molecule has 0 aliphatic carbocycles. The summed E-state index contributed by atoms with van der Waals surface area (Å²) >= 11 is 0. The third-order valence-corrected chi connectivity index (χ3v) is 2.80. The van der Waals surface area contributed by atoms with E-state index >= 15 is 0 Å². The second kappa shape index (κ2) is 5.96. The van der Waals surface area contributed by atoms with E-state index in [0.29, 0.717) is 5.56 Å². The van der Waals surface area contributed by atoms with Crippen LogP contribution in [0, 0.1) is 0 Å². The van der Waals surface area contributed by atoms with Crippen molar-refractivity contribution in [3.63, 3.8) is 0 Å².